The summed E-state index contributed by atoms with van der Waals surface area (Å²) in [5.41, 5.74) is 6.88. The van der Waals surface area contributed by atoms with Crippen molar-refractivity contribution in [2.45, 2.75) is 40.3 Å². The van der Waals surface area contributed by atoms with Crippen molar-refractivity contribution < 1.29 is 14.4 Å². The average Bonchev–Trinajstić information content (AvgIpc) is 2.62. The van der Waals surface area contributed by atoms with Gasteiger partial charge in [0.1, 0.15) is 0 Å². The van der Waals surface area contributed by atoms with Gasteiger partial charge in [-0.1, -0.05) is 0 Å². The molecule has 0 saturated heterocycles. The molecule has 2 rings (SSSR count). The van der Waals surface area contributed by atoms with Crippen molar-refractivity contribution in [1.82, 2.24) is 0 Å². The van der Waals surface area contributed by atoms with E-state index in [1.165, 1.54) is 5.56 Å². The second-order valence-corrected chi connectivity index (χ2v) is 6.67. The van der Waals surface area contributed by atoms with Crippen molar-refractivity contribution in [2.24, 2.45) is 4.99 Å². The van der Waals surface area contributed by atoms with E-state index >= 15 is 0 Å². The van der Waals surface area contributed by atoms with Crippen LogP contribution in [0.15, 0.2) is 4.99 Å². The van der Waals surface area contributed by atoms with E-state index < -0.39 is 7.60 Å². The van der Waals surface area contributed by atoms with E-state index in [2.05, 4.69) is 11.9 Å². The summed E-state index contributed by atoms with van der Waals surface area (Å²) in [6.45, 7) is 7.92. The lowest BCUT2D eigenvalue weighted by molar-refractivity contribution is 0.371. The molecule has 0 spiro atoms. The molecular weight excluding hydrogens is 249 g/mol. The van der Waals surface area contributed by atoms with Gasteiger partial charge in [-0.3, -0.25) is 9.56 Å². The number of nitrogens with zero attached hydrogens (tertiary/aromatic N) is 1. The molecule has 0 unspecified atom stereocenters. The van der Waals surface area contributed by atoms with Crippen molar-refractivity contribution >= 4 is 19.0 Å². The largest absolute Gasteiger partial charge is 0.330 e. The van der Waals surface area contributed by atoms with Gasteiger partial charge in [0.15, 0.2) is 0 Å². The van der Waals surface area contributed by atoms with Crippen LogP contribution in [0.3, 0.4) is 0 Å². The molecule has 5 heteroatoms. The fourth-order valence-electron chi connectivity index (χ4n) is 2.51. The Hall–Kier alpha value is -0.960. The highest BCUT2D eigenvalue weighted by atomic mass is 31.2. The zero-order valence-corrected chi connectivity index (χ0v) is 12.0. The fourth-order valence-corrected chi connectivity index (χ4v) is 3.31. The molecule has 0 atom stereocenters. The number of aliphatic imine (C=N–C) groups is 1. The van der Waals surface area contributed by atoms with Gasteiger partial charge in [-0.15, -0.1) is 0 Å². The lowest BCUT2D eigenvalue weighted by Gasteiger charge is -2.17. The summed E-state index contributed by atoms with van der Waals surface area (Å²) >= 11 is 0. The molecule has 0 saturated carbocycles. The van der Waals surface area contributed by atoms with Crippen LogP contribution in [-0.2, 0) is 17.1 Å². The number of hydrogen-bond acceptors (Lipinski definition) is 2. The maximum Gasteiger partial charge on any atom is 0.330 e. The summed E-state index contributed by atoms with van der Waals surface area (Å²) in [5, 5.41) is 0. The summed E-state index contributed by atoms with van der Waals surface area (Å²) in [7, 11) is -4.07. The second kappa shape index (κ2) is 4.30. The van der Waals surface area contributed by atoms with E-state index in [1.807, 2.05) is 20.8 Å². The second-order valence-electron chi connectivity index (χ2n) is 5.03. The Bertz CT molecular complexity index is 599. The Morgan fingerprint density at radius 3 is 2.28 bits per heavy atom. The zero-order chi connectivity index (χ0) is 13.7. The van der Waals surface area contributed by atoms with E-state index in [0.29, 0.717) is 5.56 Å². The molecule has 1 aliphatic heterocycles. The first-order valence-electron chi connectivity index (χ1n) is 5.91. The van der Waals surface area contributed by atoms with Crippen molar-refractivity contribution in [3.63, 3.8) is 0 Å². The molecule has 98 valence electrons. The quantitative estimate of drug-likeness (QED) is 0.809. The SMILES string of the molecule is CC1=Nc2c(c(C)c(C)c(C)c2CP(=O)(O)O)C1. The van der Waals surface area contributed by atoms with E-state index in [4.69, 9.17) is 0 Å². The van der Waals surface area contributed by atoms with Gasteiger partial charge in [-0.2, -0.15) is 0 Å². The van der Waals surface area contributed by atoms with E-state index in [0.717, 1.165) is 34.5 Å². The molecule has 2 N–H and O–H groups in total. The van der Waals surface area contributed by atoms with Crippen LogP contribution in [-0.4, -0.2) is 15.5 Å². The maximum absolute atomic E-state index is 11.3. The van der Waals surface area contributed by atoms with Gasteiger partial charge in [0.05, 0.1) is 11.8 Å². The first-order valence-corrected chi connectivity index (χ1v) is 7.70. The lowest BCUT2D eigenvalue weighted by atomic mass is 9.92. The van der Waals surface area contributed by atoms with Crippen LogP contribution >= 0.6 is 7.60 Å². The third kappa shape index (κ3) is 2.28. The summed E-state index contributed by atoms with van der Waals surface area (Å²) in [6, 6.07) is 0. The molecule has 18 heavy (non-hydrogen) atoms. The third-order valence-electron chi connectivity index (χ3n) is 3.70. The van der Waals surface area contributed by atoms with Crippen LogP contribution in [0.2, 0.25) is 0 Å². The number of fused-ring (bicyclic) bond motifs is 1. The molecule has 1 aliphatic rings. The van der Waals surface area contributed by atoms with Crippen LogP contribution in [0.1, 0.15) is 34.7 Å². The first kappa shape index (κ1) is 13.5. The monoisotopic (exact) mass is 267 g/mol. The van der Waals surface area contributed by atoms with Gasteiger partial charge in [-0.25, -0.2) is 0 Å². The van der Waals surface area contributed by atoms with Crippen LogP contribution in [0.4, 0.5) is 5.69 Å². The van der Waals surface area contributed by atoms with Crippen molar-refractivity contribution in [1.29, 1.82) is 0 Å². The number of benzene rings is 1. The van der Waals surface area contributed by atoms with Crippen LogP contribution in [0.5, 0.6) is 0 Å². The number of hydrogen-bond donors (Lipinski definition) is 2. The molecule has 4 nitrogen and oxygen atoms in total. The van der Waals surface area contributed by atoms with Gasteiger partial charge in [0.25, 0.3) is 0 Å². The van der Waals surface area contributed by atoms with E-state index in [9.17, 15) is 14.4 Å². The Kier molecular flexibility index (Phi) is 3.22. The normalized spacial score (nSPS) is 14.7. The molecule has 0 aromatic heterocycles. The zero-order valence-electron chi connectivity index (χ0n) is 11.1. The minimum atomic E-state index is -4.07. The van der Waals surface area contributed by atoms with Gasteiger partial charge in [-0.05, 0) is 55.5 Å². The topological polar surface area (TPSA) is 69.9 Å². The van der Waals surface area contributed by atoms with Crippen molar-refractivity contribution in [3.05, 3.63) is 27.8 Å². The Morgan fingerprint density at radius 1 is 1.11 bits per heavy atom. The predicted molar refractivity (Wildman–Crippen MR) is 72.9 cm³/mol. The maximum atomic E-state index is 11.3. The van der Waals surface area contributed by atoms with Gasteiger partial charge < -0.3 is 9.79 Å². The number of rotatable bonds is 2. The van der Waals surface area contributed by atoms with Crippen LogP contribution in [0, 0.1) is 20.8 Å². The summed E-state index contributed by atoms with van der Waals surface area (Å²) in [6.07, 6.45) is 0.565. The molecule has 0 fully saturated rings. The Balaban J connectivity index is 2.69. The highest BCUT2D eigenvalue weighted by molar-refractivity contribution is 7.50. The smallest absolute Gasteiger partial charge is 0.324 e. The van der Waals surface area contributed by atoms with Gasteiger partial charge in [0, 0.05) is 12.1 Å². The third-order valence-corrected chi connectivity index (χ3v) is 4.43. The molecule has 1 aromatic carbocycles. The van der Waals surface area contributed by atoms with Gasteiger partial charge >= 0.3 is 7.60 Å². The highest BCUT2D eigenvalue weighted by Gasteiger charge is 2.26. The molecule has 1 heterocycles. The molecule has 1 aromatic rings. The predicted octanol–water partition coefficient (Wildman–Crippen LogP) is 2.94. The van der Waals surface area contributed by atoms with Crippen molar-refractivity contribution in [2.75, 3.05) is 0 Å². The van der Waals surface area contributed by atoms with Crippen LogP contribution < -0.4 is 0 Å². The standard InChI is InChI=1S/C13H18NO3P/c1-7-5-11-9(3)8(2)10(4)12(13(11)14-7)6-18(15,16)17/h5-6H2,1-4H3,(H2,15,16,17). The first-order chi connectivity index (χ1) is 8.20. The summed E-state index contributed by atoms with van der Waals surface area (Å²) in [5.74, 6) is 0. The highest BCUT2D eigenvalue weighted by Crippen LogP contribution is 2.46. The lowest BCUT2D eigenvalue weighted by Crippen LogP contribution is -2.01. The molecule has 0 bridgehead atoms. The van der Waals surface area contributed by atoms with Crippen LogP contribution in [0.25, 0.3) is 0 Å². The van der Waals surface area contributed by atoms with E-state index in [1.54, 1.807) is 0 Å². The minimum absolute atomic E-state index is 0.223. The summed E-state index contributed by atoms with van der Waals surface area (Å²) < 4.78 is 11.3. The van der Waals surface area contributed by atoms with E-state index in [-0.39, 0.29) is 6.16 Å². The Morgan fingerprint density at radius 2 is 1.72 bits per heavy atom. The summed E-state index contributed by atoms with van der Waals surface area (Å²) in [4.78, 5) is 22.9. The van der Waals surface area contributed by atoms with Gasteiger partial charge in [0.2, 0.25) is 0 Å². The fraction of sp³-hybridized carbons (Fsp3) is 0.462. The molecule has 0 aliphatic carbocycles. The average molecular weight is 267 g/mol. The van der Waals surface area contributed by atoms with Crippen molar-refractivity contribution in [3.8, 4) is 0 Å². The Labute approximate surface area is 107 Å². The molecule has 0 radical (unpaired) electrons. The minimum Gasteiger partial charge on any atom is -0.324 e. The molecular formula is C13H18NO3P. The molecule has 0 amide bonds.